The topological polar surface area (TPSA) is 69.6 Å². The van der Waals surface area contributed by atoms with E-state index in [9.17, 15) is 14.7 Å². The van der Waals surface area contributed by atoms with Gasteiger partial charge in [-0.05, 0) is 38.5 Å². The van der Waals surface area contributed by atoms with Crippen molar-refractivity contribution in [1.29, 1.82) is 0 Å². The van der Waals surface area contributed by atoms with Crippen molar-refractivity contribution in [3.05, 3.63) is 28.8 Å². The molecule has 0 radical (unpaired) electrons. The molecule has 2 rings (SSSR count). The smallest absolute Gasteiger partial charge is 0.251 e. The van der Waals surface area contributed by atoms with Gasteiger partial charge in [0.2, 0.25) is 5.91 Å². The number of anilines is 1. The van der Waals surface area contributed by atoms with Crippen LogP contribution in [0.2, 0.25) is 5.02 Å². The highest BCUT2D eigenvalue weighted by atomic mass is 35.5. The fourth-order valence-electron chi connectivity index (χ4n) is 2.17. The van der Waals surface area contributed by atoms with Crippen LogP contribution in [0.25, 0.3) is 0 Å². The largest absolute Gasteiger partial charge is 0.389 e. The molecule has 1 aromatic carbocycles. The number of carbonyl (C=O) groups excluding carboxylic acids is 2. The fraction of sp³-hybridized carbons (Fsp3) is 0.429. The second kappa shape index (κ2) is 5.07. The van der Waals surface area contributed by atoms with E-state index < -0.39 is 11.6 Å². The van der Waals surface area contributed by atoms with Crippen molar-refractivity contribution in [3.8, 4) is 0 Å². The summed E-state index contributed by atoms with van der Waals surface area (Å²) in [5.74, 6) is -0.714. The number of hydrogen-bond donors (Lipinski definition) is 2. The zero-order valence-corrected chi connectivity index (χ0v) is 12.4. The van der Waals surface area contributed by atoms with Gasteiger partial charge in [-0.2, -0.15) is 0 Å². The van der Waals surface area contributed by atoms with Crippen LogP contribution in [0.3, 0.4) is 0 Å². The predicted molar refractivity (Wildman–Crippen MR) is 76.7 cm³/mol. The maximum absolute atomic E-state index is 11.9. The summed E-state index contributed by atoms with van der Waals surface area (Å²) >= 11 is 6.23. The Balaban J connectivity index is 2.44. The lowest BCUT2D eigenvalue weighted by Gasteiger charge is -2.42. The second-order valence-electron chi connectivity index (χ2n) is 5.41. The van der Waals surface area contributed by atoms with Crippen LogP contribution in [0, 0.1) is 0 Å². The summed E-state index contributed by atoms with van der Waals surface area (Å²) < 4.78 is 0. The van der Waals surface area contributed by atoms with E-state index >= 15 is 0 Å². The molecule has 2 N–H and O–H groups in total. The van der Waals surface area contributed by atoms with E-state index in [2.05, 4.69) is 5.32 Å². The lowest BCUT2D eigenvalue weighted by atomic mass is 9.97. The third-order valence-corrected chi connectivity index (χ3v) is 3.83. The minimum Gasteiger partial charge on any atom is -0.389 e. The molecule has 1 fully saturated rings. The van der Waals surface area contributed by atoms with E-state index in [0.29, 0.717) is 16.3 Å². The van der Waals surface area contributed by atoms with E-state index in [1.54, 1.807) is 43.9 Å². The van der Waals surface area contributed by atoms with Crippen LogP contribution in [-0.4, -0.2) is 29.0 Å². The van der Waals surface area contributed by atoms with Crippen LogP contribution in [0.15, 0.2) is 18.2 Å². The highest BCUT2D eigenvalue weighted by molar-refractivity contribution is 6.33. The standard InChI is InChI=1S/C14H17ClN2O3/c1-8(18)9-4-5-11(10(15)6-9)17-7-12(19)16-13(20)14(17,2)3/h4-6,8,18H,7H2,1-3H3,(H,16,19,20)/t8-/m1/s1. The number of aliphatic hydroxyl groups excluding tert-OH is 1. The van der Waals surface area contributed by atoms with Crippen molar-refractivity contribution >= 4 is 29.1 Å². The average molecular weight is 297 g/mol. The molecule has 1 aliphatic heterocycles. The van der Waals surface area contributed by atoms with Gasteiger partial charge in [0, 0.05) is 0 Å². The van der Waals surface area contributed by atoms with Gasteiger partial charge in [0.1, 0.15) is 5.54 Å². The molecule has 1 atom stereocenters. The molecule has 0 saturated carbocycles. The molecule has 1 heterocycles. The van der Waals surface area contributed by atoms with Gasteiger partial charge in [0.25, 0.3) is 5.91 Å². The van der Waals surface area contributed by atoms with Crippen LogP contribution < -0.4 is 10.2 Å². The molecule has 2 amide bonds. The van der Waals surface area contributed by atoms with Gasteiger partial charge in [0.15, 0.2) is 0 Å². The Morgan fingerprint density at radius 2 is 2.05 bits per heavy atom. The fourth-order valence-corrected chi connectivity index (χ4v) is 2.46. The molecule has 108 valence electrons. The van der Waals surface area contributed by atoms with E-state index in [4.69, 9.17) is 11.6 Å². The summed E-state index contributed by atoms with van der Waals surface area (Å²) in [6, 6.07) is 5.10. The minimum atomic E-state index is -0.871. The summed E-state index contributed by atoms with van der Waals surface area (Å²) in [5.41, 5.74) is 0.415. The van der Waals surface area contributed by atoms with E-state index in [-0.39, 0.29) is 18.4 Å². The van der Waals surface area contributed by atoms with E-state index in [1.807, 2.05) is 0 Å². The first kappa shape index (κ1) is 14.8. The molecule has 6 heteroatoms. The Morgan fingerprint density at radius 1 is 1.40 bits per heavy atom. The van der Waals surface area contributed by atoms with Gasteiger partial charge in [-0.15, -0.1) is 0 Å². The van der Waals surface area contributed by atoms with Crippen molar-refractivity contribution in [2.24, 2.45) is 0 Å². The monoisotopic (exact) mass is 296 g/mol. The first-order valence-corrected chi connectivity index (χ1v) is 6.70. The molecule has 0 aromatic heterocycles. The lowest BCUT2D eigenvalue weighted by Crippen LogP contribution is -2.64. The number of piperazine rings is 1. The van der Waals surface area contributed by atoms with Gasteiger partial charge in [-0.1, -0.05) is 17.7 Å². The molecule has 1 aliphatic rings. The quantitative estimate of drug-likeness (QED) is 0.814. The Hall–Kier alpha value is -1.59. The number of hydrogen-bond acceptors (Lipinski definition) is 4. The van der Waals surface area contributed by atoms with Gasteiger partial charge >= 0.3 is 0 Å². The van der Waals surface area contributed by atoms with Gasteiger partial charge in [-0.25, -0.2) is 0 Å². The highest BCUT2D eigenvalue weighted by Gasteiger charge is 2.41. The second-order valence-corrected chi connectivity index (χ2v) is 5.82. The van der Waals surface area contributed by atoms with Crippen LogP contribution >= 0.6 is 11.6 Å². The van der Waals surface area contributed by atoms with Crippen molar-refractivity contribution in [2.75, 3.05) is 11.4 Å². The average Bonchev–Trinajstić information content (AvgIpc) is 2.34. The zero-order valence-electron chi connectivity index (χ0n) is 11.6. The number of aliphatic hydroxyl groups is 1. The van der Waals surface area contributed by atoms with E-state index in [0.717, 1.165) is 0 Å². The Kier molecular flexibility index (Phi) is 3.75. The molecule has 1 saturated heterocycles. The SMILES string of the molecule is C[C@@H](O)c1ccc(N2CC(=O)NC(=O)C2(C)C)c(Cl)c1. The van der Waals surface area contributed by atoms with Gasteiger partial charge in [0.05, 0.1) is 23.4 Å². The summed E-state index contributed by atoms with van der Waals surface area (Å²) in [6.07, 6.45) is -0.624. The first-order valence-electron chi connectivity index (χ1n) is 6.33. The molecular formula is C14H17ClN2O3. The Bertz CT molecular complexity index is 570. The van der Waals surface area contributed by atoms with Crippen LogP contribution in [0.4, 0.5) is 5.69 Å². The molecular weight excluding hydrogens is 280 g/mol. The van der Waals surface area contributed by atoms with Crippen molar-refractivity contribution in [1.82, 2.24) is 5.32 Å². The van der Waals surface area contributed by atoms with Crippen molar-refractivity contribution in [3.63, 3.8) is 0 Å². The highest BCUT2D eigenvalue weighted by Crippen LogP contribution is 2.34. The molecule has 0 spiro atoms. The lowest BCUT2D eigenvalue weighted by molar-refractivity contribution is -0.135. The molecule has 5 nitrogen and oxygen atoms in total. The zero-order chi connectivity index (χ0) is 15.1. The number of halogens is 1. The molecule has 0 bridgehead atoms. The minimum absolute atomic E-state index is 0.0620. The molecule has 0 unspecified atom stereocenters. The summed E-state index contributed by atoms with van der Waals surface area (Å²) in [6.45, 7) is 5.17. The summed E-state index contributed by atoms with van der Waals surface area (Å²) in [5, 5.41) is 12.3. The van der Waals surface area contributed by atoms with Crippen molar-refractivity contribution in [2.45, 2.75) is 32.4 Å². The first-order chi connectivity index (χ1) is 9.23. The Labute approximate surface area is 122 Å². The maximum Gasteiger partial charge on any atom is 0.251 e. The van der Waals surface area contributed by atoms with Crippen molar-refractivity contribution < 1.29 is 14.7 Å². The number of amides is 2. The van der Waals surface area contributed by atoms with Crippen LogP contribution in [0.1, 0.15) is 32.4 Å². The number of nitrogens with one attached hydrogen (secondary N) is 1. The molecule has 20 heavy (non-hydrogen) atoms. The number of nitrogens with zero attached hydrogens (tertiary/aromatic N) is 1. The maximum atomic E-state index is 11.9. The summed E-state index contributed by atoms with van der Waals surface area (Å²) in [4.78, 5) is 25.2. The van der Waals surface area contributed by atoms with Crippen LogP contribution in [0.5, 0.6) is 0 Å². The molecule has 1 aromatic rings. The third kappa shape index (κ3) is 2.51. The van der Waals surface area contributed by atoms with E-state index in [1.165, 1.54) is 0 Å². The normalized spacial score (nSPS) is 19.8. The third-order valence-electron chi connectivity index (χ3n) is 3.53. The van der Waals surface area contributed by atoms with Crippen LogP contribution in [-0.2, 0) is 9.59 Å². The van der Waals surface area contributed by atoms with Gasteiger partial charge in [-0.3, -0.25) is 14.9 Å². The van der Waals surface area contributed by atoms with Gasteiger partial charge < -0.3 is 10.0 Å². The number of carbonyl (C=O) groups is 2. The predicted octanol–water partition coefficient (Wildman–Crippen LogP) is 1.63. The number of benzene rings is 1. The molecule has 0 aliphatic carbocycles. The summed E-state index contributed by atoms with van der Waals surface area (Å²) in [7, 11) is 0. The number of rotatable bonds is 2. The Morgan fingerprint density at radius 3 is 2.60 bits per heavy atom. The number of imide groups is 1.